The molecule has 1 aromatic heterocycles. The zero-order valence-corrected chi connectivity index (χ0v) is 12.5. The van der Waals surface area contributed by atoms with Gasteiger partial charge in [-0.25, -0.2) is 0 Å². The van der Waals surface area contributed by atoms with E-state index in [1.165, 1.54) is 7.11 Å². The van der Waals surface area contributed by atoms with Crippen LogP contribution in [0.25, 0.3) is 0 Å². The predicted molar refractivity (Wildman–Crippen MR) is 81.1 cm³/mol. The summed E-state index contributed by atoms with van der Waals surface area (Å²) in [4.78, 5) is 15.8. The molecule has 0 fully saturated rings. The molecule has 0 aliphatic rings. The summed E-state index contributed by atoms with van der Waals surface area (Å²) >= 11 is 0. The molecule has 0 radical (unpaired) electrons. The maximum absolute atomic E-state index is 11.8. The van der Waals surface area contributed by atoms with Gasteiger partial charge in [0.05, 0.1) is 14.2 Å². The number of carbonyl (C=O) groups is 1. The first-order valence-electron chi connectivity index (χ1n) is 6.74. The first kappa shape index (κ1) is 15.6. The quantitative estimate of drug-likeness (QED) is 0.844. The molecular formula is C16H18N2O4. The van der Waals surface area contributed by atoms with Gasteiger partial charge in [0, 0.05) is 18.9 Å². The number of nitrogens with one attached hydrogen (secondary N) is 1. The Labute approximate surface area is 129 Å². The molecule has 2 rings (SSSR count). The van der Waals surface area contributed by atoms with Crippen molar-refractivity contribution >= 4 is 5.91 Å². The fraction of sp³-hybridized carbons (Fsp3) is 0.250. The van der Waals surface area contributed by atoms with Crippen LogP contribution in [0.1, 0.15) is 5.56 Å². The molecule has 22 heavy (non-hydrogen) atoms. The highest BCUT2D eigenvalue weighted by molar-refractivity contribution is 5.77. The minimum atomic E-state index is -0.228. The lowest BCUT2D eigenvalue weighted by Crippen LogP contribution is -2.28. The molecule has 0 aliphatic heterocycles. The fourth-order valence-electron chi connectivity index (χ4n) is 1.87. The van der Waals surface area contributed by atoms with Gasteiger partial charge in [-0.05, 0) is 23.8 Å². The molecule has 0 saturated carbocycles. The minimum absolute atomic E-state index is 0.107. The lowest BCUT2D eigenvalue weighted by atomic mass is 10.3. The molecule has 0 bridgehead atoms. The number of para-hydroxylation sites is 1. The third kappa shape index (κ3) is 4.12. The Morgan fingerprint density at radius 3 is 2.64 bits per heavy atom. The van der Waals surface area contributed by atoms with E-state index >= 15 is 0 Å². The van der Waals surface area contributed by atoms with Crippen LogP contribution in [0.3, 0.4) is 0 Å². The maximum atomic E-state index is 11.8. The zero-order valence-electron chi connectivity index (χ0n) is 12.5. The number of nitrogens with zero attached hydrogens (tertiary/aromatic N) is 1. The van der Waals surface area contributed by atoms with Gasteiger partial charge in [0.15, 0.2) is 18.1 Å². The van der Waals surface area contributed by atoms with E-state index in [0.29, 0.717) is 23.8 Å². The van der Waals surface area contributed by atoms with Gasteiger partial charge < -0.3 is 19.5 Å². The van der Waals surface area contributed by atoms with E-state index in [9.17, 15) is 4.79 Å². The van der Waals surface area contributed by atoms with E-state index in [1.54, 1.807) is 37.7 Å². The highest BCUT2D eigenvalue weighted by atomic mass is 16.5. The molecule has 0 unspecified atom stereocenters. The van der Waals surface area contributed by atoms with Gasteiger partial charge in [0.1, 0.15) is 0 Å². The van der Waals surface area contributed by atoms with Crippen molar-refractivity contribution in [3.05, 3.63) is 48.3 Å². The minimum Gasteiger partial charge on any atom is -0.493 e. The van der Waals surface area contributed by atoms with Crippen molar-refractivity contribution < 1.29 is 19.0 Å². The van der Waals surface area contributed by atoms with Gasteiger partial charge in [-0.15, -0.1) is 0 Å². The normalized spacial score (nSPS) is 9.91. The first-order chi connectivity index (χ1) is 10.7. The van der Waals surface area contributed by atoms with E-state index < -0.39 is 0 Å². The molecule has 1 aromatic carbocycles. The number of pyridine rings is 1. The highest BCUT2D eigenvalue weighted by Crippen LogP contribution is 2.36. The summed E-state index contributed by atoms with van der Waals surface area (Å²) in [5.74, 6) is 1.24. The van der Waals surface area contributed by atoms with Crippen molar-refractivity contribution in [1.29, 1.82) is 0 Å². The average molecular weight is 302 g/mol. The number of hydrogen-bond donors (Lipinski definition) is 1. The van der Waals surface area contributed by atoms with Crippen LogP contribution in [0.5, 0.6) is 17.2 Å². The van der Waals surface area contributed by atoms with Gasteiger partial charge in [-0.1, -0.05) is 12.1 Å². The van der Waals surface area contributed by atoms with Gasteiger partial charge in [0.2, 0.25) is 5.75 Å². The van der Waals surface area contributed by atoms with Crippen molar-refractivity contribution in [2.75, 3.05) is 20.8 Å². The predicted octanol–water partition coefficient (Wildman–Crippen LogP) is 1.79. The Morgan fingerprint density at radius 2 is 1.95 bits per heavy atom. The number of methoxy groups -OCH3 is 2. The third-order valence-electron chi connectivity index (χ3n) is 2.94. The van der Waals surface area contributed by atoms with Crippen LogP contribution in [-0.2, 0) is 11.3 Å². The van der Waals surface area contributed by atoms with Crippen LogP contribution in [0.4, 0.5) is 0 Å². The molecule has 0 spiro atoms. The molecule has 1 N–H and O–H groups in total. The number of hydrogen-bond acceptors (Lipinski definition) is 5. The summed E-state index contributed by atoms with van der Waals surface area (Å²) in [6.45, 7) is 0.301. The molecule has 6 nitrogen and oxygen atoms in total. The summed E-state index contributed by atoms with van der Waals surface area (Å²) in [5, 5.41) is 2.76. The number of benzene rings is 1. The summed E-state index contributed by atoms with van der Waals surface area (Å²) in [6.07, 6.45) is 3.38. The van der Waals surface area contributed by atoms with Crippen LogP contribution >= 0.6 is 0 Å². The highest BCUT2D eigenvalue weighted by Gasteiger charge is 2.12. The molecule has 6 heteroatoms. The smallest absolute Gasteiger partial charge is 0.258 e. The van der Waals surface area contributed by atoms with E-state index in [-0.39, 0.29) is 12.5 Å². The SMILES string of the molecule is COc1cccc(OCC(=O)NCc2cccnc2)c1OC. The second-order valence-electron chi connectivity index (χ2n) is 4.42. The summed E-state index contributed by atoms with van der Waals surface area (Å²) < 4.78 is 15.9. The lowest BCUT2D eigenvalue weighted by molar-refractivity contribution is -0.123. The van der Waals surface area contributed by atoms with Crippen LogP contribution in [0.2, 0.25) is 0 Å². The number of rotatable bonds is 7. The van der Waals surface area contributed by atoms with Crippen molar-refractivity contribution in [1.82, 2.24) is 10.3 Å². The van der Waals surface area contributed by atoms with Crippen molar-refractivity contribution in [3.63, 3.8) is 0 Å². The largest absolute Gasteiger partial charge is 0.493 e. The molecule has 0 aliphatic carbocycles. The summed E-state index contributed by atoms with van der Waals surface area (Å²) in [6, 6.07) is 8.95. The molecule has 116 valence electrons. The molecular weight excluding hydrogens is 284 g/mol. The van der Waals surface area contributed by atoms with Gasteiger partial charge in [0.25, 0.3) is 5.91 Å². The van der Waals surface area contributed by atoms with Crippen molar-refractivity contribution in [2.24, 2.45) is 0 Å². The summed E-state index contributed by atoms with van der Waals surface area (Å²) in [5.41, 5.74) is 0.926. The Hall–Kier alpha value is -2.76. The van der Waals surface area contributed by atoms with E-state index in [1.807, 2.05) is 12.1 Å². The van der Waals surface area contributed by atoms with Gasteiger partial charge in [-0.3, -0.25) is 9.78 Å². The Kier molecular flexibility index (Phi) is 5.59. The van der Waals surface area contributed by atoms with Crippen LogP contribution in [-0.4, -0.2) is 31.7 Å². The van der Waals surface area contributed by atoms with E-state index in [2.05, 4.69) is 10.3 Å². The molecule has 1 amide bonds. The zero-order chi connectivity index (χ0) is 15.8. The van der Waals surface area contributed by atoms with Crippen molar-refractivity contribution in [2.45, 2.75) is 6.54 Å². The Balaban J connectivity index is 1.88. The topological polar surface area (TPSA) is 69.7 Å². The maximum Gasteiger partial charge on any atom is 0.258 e. The van der Waals surface area contributed by atoms with Crippen molar-refractivity contribution in [3.8, 4) is 17.2 Å². The fourth-order valence-corrected chi connectivity index (χ4v) is 1.87. The third-order valence-corrected chi connectivity index (χ3v) is 2.94. The standard InChI is InChI=1S/C16H18N2O4/c1-20-13-6-3-7-14(16(13)21-2)22-11-15(19)18-10-12-5-4-8-17-9-12/h3-9H,10-11H2,1-2H3,(H,18,19). The van der Waals surface area contributed by atoms with Crippen LogP contribution < -0.4 is 19.5 Å². The van der Waals surface area contributed by atoms with Gasteiger partial charge in [-0.2, -0.15) is 0 Å². The van der Waals surface area contributed by atoms with Crippen LogP contribution in [0.15, 0.2) is 42.7 Å². The number of aromatic nitrogens is 1. The number of carbonyl (C=O) groups excluding carboxylic acids is 1. The number of amides is 1. The molecule has 0 saturated heterocycles. The lowest BCUT2D eigenvalue weighted by Gasteiger charge is -2.13. The average Bonchev–Trinajstić information content (AvgIpc) is 2.58. The monoisotopic (exact) mass is 302 g/mol. The first-order valence-corrected chi connectivity index (χ1v) is 6.74. The summed E-state index contributed by atoms with van der Waals surface area (Å²) in [7, 11) is 3.06. The van der Waals surface area contributed by atoms with E-state index in [4.69, 9.17) is 14.2 Å². The van der Waals surface area contributed by atoms with Gasteiger partial charge >= 0.3 is 0 Å². The molecule has 0 atom stereocenters. The Bertz CT molecular complexity index is 617. The second kappa shape index (κ2) is 7.87. The number of ether oxygens (including phenoxy) is 3. The molecule has 2 aromatic rings. The van der Waals surface area contributed by atoms with E-state index in [0.717, 1.165) is 5.56 Å². The molecule has 1 heterocycles. The Morgan fingerprint density at radius 1 is 1.14 bits per heavy atom. The second-order valence-corrected chi connectivity index (χ2v) is 4.42. The van der Waals surface area contributed by atoms with Crippen LogP contribution in [0, 0.1) is 0 Å².